The van der Waals surface area contributed by atoms with Gasteiger partial charge < -0.3 is 15.0 Å². The first-order chi connectivity index (χ1) is 17.2. The molecule has 35 heavy (non-hydrogen) atoms. The van der Waals surface area contributed by atoms with E-state index in [1.54, 1.807) is 0 Å². The van der Waals surface area contributed by atoms with Crippen molar-refractivity contribution in [1.29, 1.82) is 0 Å². The summed E-state index contributed by atoms with van der Waals surface area (Å²) in [7, 11) is 0. The molecule has 0 fully saturated rings. The van der Waals surface area contributed by atoms with Crippen LogP contribution in [0.5, 0.6) is 5.75 Å². The van der Waals surface area contributed by atoms with Gasteiger partial charge in [-0.2, -0.15) is 0 Å². The van der Waals surface area contributed by atoms with Crippen molar-refractivity contribution in [2.45, 2.75) is 32.0 Å². The molecule has 0 bridgehead atoms. The molecule has 1 atom stereocenters. The number of fused-ring (bicyclic) bond motifs is 1. The molecule has 0 radical (unpaired) electrons. The van der Waals surface area contributed by atoms with Crippen molar-refractivity contribution in [1.82, 2.24) is 4.90 Å². The van der Waals surface area contributed by atoms with Crippen LogP contribution in [0.2, 0.25) is 0 Å². The van der Waals surface area contributed by atoms with E-state index in [4.69, 9.17) is 4.74 Å². The molecule has 1 N–H and O–H groups in total. The normalized spacial score (nSPS) is 16.9. The molecule has 176 valence electrons. The van der Waals surface area contributed by atoms with Gasteiger partial charge in [0.1, 0.15) is 11.4 Å². The molecule has 1 heterocycles. The lowest BCUT2D eigenvalue weighted by atomic mass is 9.89. The largest absolute Gasteiger partial charge is 0.493 e. The molecule has 5 rings (SSSR count). The van der Waals surface area contributed by atoms with Crippen LogP contribution in [-0.2, 0) is 18.6 Å². The van der Waals surface area contributed by atoms with Gasteiger partial charge in [0.15, 0.2) is 0 Å². The summed E-state index contributed by atoms with van der Waals surface area (Å²) < 4.78 is 6.02. The van der Waals surface area contributed by atoms with E-state index in [0.717, 1.165) is 29.0 Å². The lowest BCUT2D eigenvalue weighted by Crippen LogP contribution is -2.56. The lowest BCUT2D eigenvalue weighted by molar-refractivity contribution is 0.0454. The smallest absolute Gasteiger partial charge is 0.258 e. The number of carbonyl (C=O) groups is 1. The van der Waals surface area contributed by atoms with Gasteiger partial charge in [0.25, 0.3) is 5.91 Å². The van der Waals surface area contributed by atoms with Gasteiger partial charge >= 0.3 is 0 Å². The van der Waals surface area contributed by atoms with Crippen LogP contribution < -0.4 is 10.1 Å². The number of benzene rings is 4. The Labute approximate surface area is 207 Å². The molecular formula is C31H30N2O2. The number of para-hydroxylation sites is 1. The number of nitrogens with zero attached hydrogens (tertiary/aromatic N) is 1. The third kappa shape index (κ3) is 4.65. The van der Waals surface area contributed by atoms with Crippen LogP contribution in [0.4, 0.5) is 5.69 Å². The van der Waals surface area contributed by atoms with Gasteiger partial charge in [0, 0.05) is 18.7 Å². The maximum absolute atomic E-state index is 13.8. The highest BCUT2D eigenvalue weighted by molar-refractivity contribution is 6.02. The highest BCUT2D eigenvalue weighted by Crippen LogP contribution is 2.41. The molecule has 0 spiro atoms. The topological polar surface area (TPSA) is 41.6 Å². The molecule has 4 heteroatoms. The van der Waals surface area contributed by atoms with Crippen molar-refractivity contribution in [2.75, 3.05) is 11.9 Å². The zero-order valence-electron chi connectivity index (χ0n) is 20.0. The van der Waals surface area contributed by atoms with E-state index in [-0.39, 0.29) is 5.91 Å². The summed E-state index contributed by atoms with van der Waals surface area (Å²) in [6, 6.07) is 36.4. The van der Waals surface area contributed by atoms with Crippen molar-refractivity contribution >= 4 is 11.6 Å². The zero-order valence-corrected chi connectivity index (χ0v) is 20.0. The van der Waals surface area contributed by atoms with E-state index in [1.165, 1.54) is 5.56 Å². The Kier molecular flexibility index (Phi) is 6.53. The summed E-state index contributed by atoms with van der Waals surface area (Å²) >= 11 is 0. The van der Waals surface area contributed by atoms with E-state index < -0.39 is 5.66 Å². The molecule has 1 aliphatic rings. The Morgan fingerprint density at radius 1 is 0.771 bits per heavy atom. The predicted octanol–water partition coefficient (Wildman–Crippen LogP) is 6.64. The predicted molar refractivity (Wildman–Crippen MR) is 140 cm³/mol. The summed E-state index contributed by atoms with van der Waals surface area (Å²) in [4.78, 5) is 15.7. The fourth-order valence-electron chi connectivity index (χ4n) is 4.83. The number of rotatable bonds is 8. The SMILES string of the molecule is CCC1(c2ccc(OCCc3ccccc3)cc2)Nc2ccccc2C(=O)N1Cc1ccccc1. The average molecular weight is 463 g/mol. The van der Waals surface area contributed by atoms with Crippen LogP contribution >= 0.6 is 0 Å². The van der Waals surface area contributed by atoms with Gasteiger partial charge in [-0.15, -0.1) is 0 Å². The third-order valence-corrected chi connectivity index (χ3v) is 6.73. The third-order valence-electron chi connectivity index (χ3n) is 6.73. The fourth-order valence-corrected chi connectivity index (χ4v) is 4.83. The minimum atomic E-state index is -0.663. The van der Waals surface area contributed by atoms with Gasteiger partial charge in [-0.05, 0) is 47.4 Å². The number of hydrogen-bond donors (Lipinski definition) is 1. The fraction of sp³-hybridized carbons (Fsp3) is 0.194. The van der Waals surface area contributed by atoms with Crippen LogP contribution in [0.25, 0.3) is 0 Å². The Morgan fingerprint density at radius 2 is 1.40 bits per heavy atom. The van der Waals surface area contributed by atoms with Crippen molar-refractivity contribution in [2.24, 2.45) is 0 Å². The molecule has 0 aromatic heterocycles. The second-order valence-corrected chi connectivity index (χ2v) is 8.87. The highest BCUT2D eigenvalue weighted by atomic mass is 16.5. The molecule has 0 saturated carbocycles. The van der Waals surface area contributed by atoms with Crippen molar-refractivity contribution in [3.63, 3.8) is 0 Å². The van der Waals surface area contributed by atoms with Crippen LogP contribution in [0.1, 0.15) is 40.4 Å². The lowest BCUT2D eigenvalue weighted by Gasteiger charge is -2.48. The molecule has 4 nitrogen and oxygen atoms in total. The van der Waals surface area contributed by atoms with E-state index in [1.807, 2.05) is 77.7 Å². The second kappa shape index (κ2) is 10.1. The minimum absolute atomic E-state index is 0.0354. The van der Waals surface area contributed by atoms with Crippen LogP contribution in [0.15, 0.2) is 109 Å². The molecule has 4 aromatic carbocycles. The average Bonchev–Trinajstić information content (AvgIpc) is 2.92. The van der Waals surface area contributed by atoms with E-state index in [9.17, 15) is 4.79 Å². The van der Waals surface area contributed by atoms with Gasteiger partial charge in [-0.25, -0.2) is 0 Å². The summed E-state index contributed by atoms with van der Waals surface area (Å²) in [6.07, 6.45) is 1.58. The van der Waals surface area contributed by atoms with E-state index in [2.05, 4.69) is 48.6 Å². The first-order valence-corrected chi connectivity index (χ1v) is 12.2. The van der Waals surface area contributed by atoms with Crippen LogP contribution in [0.3, 0.4) is 0 Å². The summed E-state index contributed by atoms with van der Waals surface area (Å²) in [6.45, 7) is 3.26. The number of amides is 1. The summed E-state index contributed by atoms with van der Waals surface area (Å²) in [5.41, 5.74) is 4.30. The summed E-state index contributed by atoms with van der Waals surface area (Å²) in [5.74, 6) is 0.862. The molecule has 4 aromatic rings. The molecular weight excluding hydrogens is 432 g/mol. The molecule has 1 aliphatic heterocycles. The molecule has 0 saturated heterocycles. The number of ether oxygens (including phenoxy) is 1. The van der Waals surface area contributed by atoms with Crippen LogP contribution in [-0.4, -0.2) is 17.4 Å². The summed E-state index contributed by atoms with van der Waals surface area (Å²) in [5, 5.41) is 3.73. The van der Waals surface area contributed by atoms with Gasteiger partial charge in [-0.3, -0.25) is 4.79 Å². The van der Waals surface area contributed by atoms with E-state index in [0.29, 0.717) is 25.1 Å². The number of carbonyl (C=O) groups excluding carboxylic acids is 1. The first kappa shape index (κ1) is 22.7. The Hall–Kier alpha value is -4.05. The number of nitrogens with one attached hydrogen (secondary N) is 1. The first-order valence-electron chi connectivity index (χ1n) is 12.2. The van der Waals surface area contributed by atoms with Crippen molar-refractivity contribution < 1.29 is 9.53 Å². The molecule has 1 unspecified atom stereocenters. The van der Waals surface area contributed by atoms with Gasteiger partial charge in [-0.1, -0.05) is 91.9 Å². The monoisotopic (exact) mass is 462 g/mol. The Morgan fingerprint density at radius 3 is 2.09 bits per heavy atom. The number of anilines is 1. The standard InChI is InChI=1S/C31H30N2O2/c1-2-31(26-17-19-27(20-18-26)35-22-21-24-11-5-3-6-12-24)32-29-16-10-9-15-28(29)30(34)33(31)23-25-13-7-4-8-14-25/h3-20,32H,2,21-23H2,1H3. The Balaban J connectivity index is 1.43. The van der Waals surface area contributed by atoms with Gasteiger partial charge in [0.2, 0.25) is 0 Å². The van der Waals surface area contributed by atoms with Crippen molar-refractivity contribution in [3.8, 4) is 5.75 Å². The number of hydrogen-bond acceptors (Lipinski definition) is 3. The highest BCUT2D eigenvalue weighted by Gasteiger charge is 2.44. The quantitative estimate of drug-likeness (QED) is 0.319. The maximum atomic E-state index is 13.8. The van der Waals surface area contributed by atoms with Crippen LogP contribution in [0, 0.1) is 0 Å². The van der Waals surface area contributed by atoms with Crippen molar-refractivity contribution in [3.05, 3.63) is 131 Å². The Bertz CT molecular complexity index is 1270. The second-order valence-electron chi connectivity index (χ2n) is 8.87. The molecule has 1 amide bonds. The maximum Gasteiger partial charge on any atom is 0.258 e. The van der Waals surface area contributed by atoms with E-state index >= 15 is 0 Å². The minimum Gasteiger partial charge on any atom is -0.493 e. The zero-order chi connectivity index (χ0) is 24.1. The molecule has 0 aliphatic carbocycles. The van der Waals surface area contributed by atoms with Gasteiger partial charge in [0.05, 0.1) is 12.2 Å².